The Morgan fingerprint density at radius 2 is 2.11 bits per heavy atom. The SMILES string of the molecule is CN(C(=O)CN1Cc2ccc(N)cc2C1)C1CC1. The number of likely N-dealkylation sites (N-methyl/N-ethyl adjacent to an activating group) is 1. The van der Waals surface area contributed by atoms with Crippen LogP contribution in [0.1, 0.15) is 24.0 Å². The molecule has 1 heterocycles. The summed E-state index contributed by atoms with van der Waals surface area (Å²) in [4.78, 5) is 16.1. The Bertz CT molecular complexity index is 482. The van der Waals surface area contributed by atoms with E-state index in [4.69, 9.17) is 5.73 Å². The van der Waals surface area contributed by atoms with Crippen molar-refractivity contribution < 1.29 is 4.79 Å². The van der Waals surface area contributed by atoms with Crippen molar-refractivity contribution in [2.75, 3.05) is 19.3 Å². The van der Waals surface area contributed by atoms with Crippen LogP contribution in [-0.2, 0) is 17.9 Å². The van der Waals surface area contributed by atoms with Crippen molar-refractivity contribution in [2.24, 2.45) is 0 Å². The minimum atomic E-state index is 0.235. The lowest BCUT2D eigenvalue weighted by atomic mass is 10.1. The summed E-state index contributed by atoms with van der Waals surface area (Å²) in [7, 11) is 1.92. The molecular weight excluding hydrogens is 226 g/mol. The number of nitrogens with zero attached hydrogens (tertiary/aromatic N) is 2. The van der Waals surface area contributed by atoms with Crippen molar-refractivity contribution in [2.45, 2.75) is 32.0 Å². The molecule has 0 spiro atoms. The van der Waals surface area contributed by atoms with E-state index in [1.165, 1.54) is 24.0 Å². The Kier molecular flexibility index (Phi) is 2.74. The second-order valence-electron chi connectivity index (χ2n) is 5.41. The molecule has 0 bridgehead atoms. The fourth-order valence-electron chi connectivity index (χ4n) is 2.57. The van der Waals surface area contributed by atoms with Gasteiger partial charge in [0.2, 0.25) is 5.91 Å². The van der Waals surface area contributed by atoms with E-state index in [2.05, 4.69) is 11.0 Å². The second kappa shape index (κ2) is 4.28. The highest BCUT2D eigenvalue weighted by Gasteiger charge is 2.31. The van der Waals surface area contributed by atoms with Crippen molar-refractivity contribution in [3.05, 3.63) is 29.3 Å². The molecule has 1 aromatic rings. The first kappa shape index (κ1) is 11.5. The largest absolute Gasteiger partial charge is 0.399 e. The number of fused-ring (bicyclic) bond motifs is 1. The second-order valence-corrected chi connectivity index (χ2v) is 5.41. The number of hydrogen-bond donors (Lipinski definition) is 1. The van der Waals surface area contributed by atoms with E-state index in [1.54, 1.807) is 0 Å². The quantitative estimate of drug-likeness (QED) is 0.814. The summed E-state index contributed by atoms with van der Waals surface area (Å²) < 4.78 is 0. The summed E-state index contributed by atoms with van der Waals surface area (Å²) in [6, 6.07) is 6.52. The zero-order valence-electron chi connectivity index (χ0n) is 10.7. The molecule has 18 heavy (non-hydrogen) atoms. The summed E-state index contributed by atoms with van der Waals surface area (Å²) in [5.74, 6) is 0.235. The molecule has 96 valence electrons. The normalized spacial score (nSPS) is 18.7. The van der Waals surface area contributed by atoms with Crippen LogP contribution in [0.5, 0.6) is 0 Å². The Balaban J connectivity index is 1.62. The third kappa shape index (κ3) is 2.20. The smallest absolute Gasteiger partial charge is 0.236 e. The lowest BCUT2D eigenvalue weighted by molar-refractivity contribution is -0.131. The van der Waals surface area contributed by atoms with Gasteiger partial charge in [-0.05, 0) is 36.1 Å². The van der Waals surface area contributed by atoms with Crippen LogP contribution >= 0.6 is 0 Å². The third-order valence-electron chi connectivity index (χ3n) is 3.87. The molecule has 1 aromatic carbocycles. The molecular formula is C14H19N3O. The number of carbonyl (C=O) groups excluding carboxylic acids is 1. The van der Waals surface area contributed by atoms with Crippen molar-refractivity contribution in [1.29, 1.82) is 0 Å². The molecule has 0 radical (unpaired) electrons. The van der Waals surface area contributed by atoms with E-state index in [-0.39, 0.29) is 5.91 Å². The summed E-state index contributed by atoms with van der Waals surface area (Å²) >= 11 is 0. The van der Waals surface area contributed by atoms with Crippen molar-refractivity contribution in [3.63, 3.8) is 0 Å². The lowest BCUT2D eigenvalue weighted by Gasteiger charge is -2.20. The molecule has 1 aliphatic heterocycles. The van der Waals surface area contributed by atoms with Gasteiger partial charge in [-0.3, -0.25) is 9.69 Å². The van der Waals surface area contributed by atoms with Crippen molar-refractivity contribution >= 4 is 11.6 Å². The average Bonchev–Trinajstić information content (AvgIpc) is 3.10. The molecule has 0 atom stereocenters. The fraction of sp³-hybridized carbons (Fsp3) is 0.500. The first-order valence-corrected chi connectivity index (χ1v) is 6.49. The number of rotatable bonds is 3. The van der Waals surface area contributed by atoms with Crippen LogP contribution < -0.4 is 5.73 Å². The van der Waals surface area contributed by atoms with Crippen LogP contribution in [0.25, 0.3) is 0 Å². The third-order valence-corrected chi connectivity index (χ3v) is 3.87. The molecule has 0 unspecified atom stereocenters. The fourth-order valence-corrected chi connectivity index (χ4v) is 2.57. The van der Waals surface area contributed by atoms with Gasteiger partial charge in [0.25, 0.3) is 0 Å². The molecule has 4 nitrogen and oxygen atoms in total. The van der Waals surface area contributed by atoms with Gasteiger partial charge in [0.15, 0.2) is 0 Å². The van der Waals surface area contributed by atoms with Gasteiger partial charge in [0.1, 0.15) is 0 Å². The number of benzene rings is 1. The molecule has 4 heteroatoms. The topological polar surface area (TPSA) is 49.6 Å². The highest BCUT2D eigenvalue weighted by Crippen LogP contribution is 2.27. The van der Waals surface area contributed by atoms with Gasteiger partial charge in [-0.25, -0.2) is 0 Å². The molecule has 2 N–H and O–H groups in total. The highest BCUT2D eigenvalue weighted by molar-refractivity contribution is 5.78. The van der Waals surface area contributed by atoms with E-state index in [0.29, 0.717) is 12.6 Å². The van der Waals surface area contributed by atoms with Crippen LogP contribution in [0.15, 0.2) is 18.2 Å². The van der Waals surface area contributed by atoms with Gasteiger partial charge in [-0.1, -0.05) is 6.07 Å². The zero-order valence-corrected chi connectivity index (χ0v) is 10.7. The Labute approximate surface area is 107 Å². The maximum atomic E-state index is 12.1. The standard InChI is InChI=1S/C14H19N3O/c1-16(13-4-5-13)14(18)9-17-7-10-2-3-12(15)6-11(10)8-17/h2-3,6,13H,4-5,7-9,15H2,1H3. The number of amides is 1. The summed E-state index contributed by atoms with van der Waals surface area (Å²) in [6.07, 6.45) is 2.33. The minimum absolute atomic E-state index is 0.235. The first-order valence-electron chi connectivity index (χ1n) is 6.49. The van der Waals surface area contributed by atoms with Crippen LogP contribution in [0.4, 0.5) is 5.69 Å². The van der Waals surface area contributed by atoms with E-state index in [0.717, 1.165) is 18.8 Å². The molecule has 1 amide bonds. The number of nitrogen functional groups attached to an aromatic ring is 1. The molecule has 2 aliphatic rings. The Morgan fingerprint density at radius 1 is 1.39 bits per heavy atom. The van der Waals surface area contributed by atoms with Crippen molar-refractivity contribution in [3.8, 4) is 0 Å². The van der Waals surface area contributed by atoms with Gasteiger partial charge in [0.05, 0.1) is 6.54 Å². The zero-order chi connectivity index (χ0) is 12.7. The molecule has 1 fully saturated rings. The first-order chi connectivity index (χ1) is 8.63. The van der Waals surface area contributed by atoms with Crippen LogP contribution in [-0.4, -0.2) is 35.3 Å². The predicted octanol–water partition coefficient (Wildman–Crippen LogP) is 1.21. The van der Waals surface area contributed by atoms with Gasteiger partial charge in [-0.2, -0.15) is 0 Å². The summed E-state index contributed by atoms with van der Waals surface area (Å²) in [5, 5.41) is 0. The molecule has 3 rings (SSSR count). The van der Waals surface area contributed by atoms with E-state index in [9.17, 15) is 4.79 Å². The number of carbonyl (C=O) groups is 1. The van der Waals surface area contributed by atoms with E-state index >= 15 is 0 Å². The van der Waals surface area contributed by atoms with Gasteiger partial charge in [0, 0.05) is 31.9 Å². The van der Waals surface area contributed by atoms with E-state index in [1.807, 2.05) is 24.1 Å². The summed E-state index contributed by atoms with van der Waals surface area (Å²) in [5.41, 5.74) is 9.14. The average molecular weight is 245 g/mol. The van der Waals surface area contributed by atoms with Gasteiger partial charge >= 0.3 is 0 Å². The van der Waals surface area contributed by atoms with Gasteiger partial charge < -0.3 is 10.6 Å². The minimum Gasteiger partial charge on any atom is -0.399 e. The van der Waals surface area contributed by atoms with Crippen LogP contribution in [0, 0.1) is 0 Å². The van der Waals surface area contributed by atoms with Crippen LogP contribution in [0.2, 0.25) is 0 Å². The van der Waals surface area contributed by atoms with E-state index < -0.39 is 0 Å². The maximum absolute atomic E-state index is 12.1. The molecule has 0 saturated heterocycles. The Morgan fingerprint density at radius 3 is 2.83 bits per heavy atom. The van der Waals surface area contributed by atoms with Crippen molar-refractivity contribution in [1.82, 2.24) is 9.80 Å². The Hall–Kier alpha value is -1.55. The maximum Gasteiger partial charge on any atom is 0.236 e. The number of anilines is 1. The summed E-state index contributed by atoms with van der Waals surface area (Å²) in [6.45, 7) is 2.21. The lowest BCUT2D eigenvalue weighted by Crippen LogP contribution is -2.37. The molecule has 1 aliphatic carbocycles. The van der Waals surface area contributed by atoms with Gasteiger partial charge in [-0.15, -0.1) is 0 Å². The molecule has 0 aromatic heterocycles. The molecule has 1 saturated carbocycles. The monoisotopic (exact) mass is 245 g/mol. The number of hydrogen-bond acceptors (Lipinski definition) is 3. The van der Waals surface area contributed by atoms with Crippen LogP contribution in [0.3, 0.4) is 0 Å². The highest BCUT2D eigenvalue weighted by atomic mass is 16.2. The predicted molar refractivity (Wildman–Crippen MR) is 70.8 cm³/mol. The number of nitrogens with two attached hydrogens (primary N) is 1.